The molecular weight excluding hydrogens is 290 g/mol. The summed E-state index contributed by atoms with van der Waals surface area (Å²) in [5.41, 5.74) is 3.24. The minimum atomic E-state index is -0.165. The summed E-state index contributed by atoms with van der Waals surface area (Å²) in [5, 5.41) is 23.2. The third kappa shape index (κ3) is 2.11. The summed E-state index contributed by atoms with van der Waals surface area (Å²) >= 11 is 0. The molecule has 1 aromatic rings. The van der Waals surface area contributed by atoms with E-state index in [1.54, 1.807) is 6.07 Å². The molecule has 0 bridgehead atoms. The molecule has 23 heavy (non-hydrogen) atoms. The van der Waals surface area contributed by atoms with Gasteiger partial charge in [-0.2, -0.15) is 0 Å². The van der Waals surface area contributed by atoms with Crippen LogP contribution in [-0.4, -0.2) is 22.7 Å². The average Bonchev–Trinajstić information content (AvgIpc) is 2.82. The van der Waals surface area contributed by atoms with E-state index < -0.39 is 0 Å². The lowest BCUT2D eigenvalue weighted by Gasteiger charge is -2.50. The molecule has 0 saturated heterocycles. The molecule has 4 heteroatoms. The van der Waals surface area contributed by atoms with E-state index in [-0.39, 0.29) is 17.3 Å². The summed E-state index contributed by atoms with van der Waals surface area (Å²) in [4.78, 5) is 11.0. The molecule has 0 unspecified atom stereocenters. The summed E-state index contributed by atoms with van der Waals surface area (Å²) in [5.74, 6) is 1.81. The number of phenols is 1. The van der Waals surface area contributed by atoms with Gasteiger partial charge in [0.15, 0.2) is 0 Å². The monoisotopic (exact) mass is 315 g/mol. The number of rotatable bonds is 2. The highest BCUT2D eigenvalue weighted by atomic mass is 16.3. The lowest BCUT2D eigenvalue weighted by molar-refractivity contribution is -0.105. The van der Waals surface area contributed by atoms with Crippen LogP contribution >= 0.6 is 0 Å². The van der Waals surface area contributed by atoms with Crippen LogP contribution in [0, 0.1) is 17.3 Å². The first kappa shape index (κ1) is 15.0. The van der Waals surface area contributed by atoms with Gasteiger partial charge in [-0.05, 0) is 78.9 Å². The Labute approximate surface area is 136 Å². The summed E-state index contributed by atoms with van der Waals surface area (Å²) in [6.07, 6.45) is 6.73. The number of aliphatic hydroxyl groups is 1. The van der Waals surface area contributed by atoms with Crippen molar-refractivity contribution in [1.29, 1.82) is 0 Å². The SMILES string of the molecule is C[C@]12CC[C@@H]3c4c(cc(O)cc4NC=O)CC[C@H]3[C@@H]1CC[C@H]2O. The van der Waals surface area contributed by atoms with Gasteiger partial charge in [-0.3, -0.25) is 4.79 Å². The molecule has 1 amide bonds. The van der Waals surface area contributed by atoms with Crippen molar-refractivity contribution in [3.63, 3.8) is 0 Å². The predicted octanol–water partition coefficient (Wildman–Crippen LogP) is 3.18. The van der Waals surface area contributed by atoms with Crippen LogP contribution < -0.4 is 5.32 Å². The first-order valence-corrected chi connectivity index (χ1v) is 8.78. The number of phenolic OH excluding ortho intramolecular Hbond substituents is 1. The molecule has 0 heterocycles. The molecule has 3 N–H and O–H groups in total. The maximum atomic E-state index is 11.0. The Bertz CT molecular complexity index is 644. The zero-order valence-electron chi connectivity index (χ0n) is 13.6. The van der Waals surface area contributed by atoms with E-state index in [1.165, 1.54) is 11.1 Å². The van der Waals surface area contributed by atoms with Gasteiger partial charge in [-0.1, -0.05) is 6.92 Å². The van der Waals surface area contributed by atoms with E-state index >= 15 is 0 Å². The normalized spacial score (nSPS) is 38.3. The number of aliphatic hydroxyl groups excluding tert-OH is 1. The predicted molar refractivity (Wildman–Crippen MR) is 88.4 cm³/mol. The number of carbonyl (C=O) groups excluding carboxylic acids is 1. The molecule has 0 aromatic heterocycles. The number of anilines is 1. The number of aromatic hydroxyl groups is 1. The number of carbonyl (C=O) groups is 1. The van der Waals surface area contributed by atoms with Gasteiger partial charge in [0.1, 0.15) is 5.75 Å². The van der Waals surface area contributed by atoms with E-state index in [0.717, 1.165) is 44.2 Å². The molecular formula is C19H25NO3. The Morgan fingerprint density at radius 1 is 1.26 bits per heavy atom. The summed E-state index contributed by atoms with van der Waals surface area (Å²) in [7, 11) is 0. The lowest BCUT2D eigenvalue weighted by Crippen LogP contribution is -2.44. The Kier molecular flexibility index (Phi) is 3.41. The highest BCUT2D eigenvalue weighted by Gasteiger charge is 2.54. The van der Waals surface area contributed by atoms with Crippen molar-refractivity contribution >= 4 is 12.1 Å². The van der Waals surface area contributed by atoms with E-state index in [0.29, 0.717) is 24.2 Å². The van der Waals surface area contributed by atoms with Crippen molar-refractivity contribution in [1.82, 2.24) is 0 Å². The van der Waals surface area contributed by atoms with Gasteiger partial charge < -0.3 is 15.5 Å². The fourth-order valence-corrected chi connectivity index (χ4v) is 5.87. The second kappa shape index (κ2) is 5.23. The number of benzene rings is 1. The molecule has 4 nitrogen and oxygen atoms in total. The van der Waals surface area contributed by atoms with Crippen LogP contribution in [0.15, 0.2) is 12.1 Å². The third-order valence-corrected chi connectivity index (χ3v) is 6.97. The third-order valence-electron chi connectivity index (χ3n) is 6.97. The highest BCUT2D eigenvalue weighted by molar-refractivity contribution is 5.76. The van der Waals surface area contributed by atoms with Gasteiger partial charge in [0.25, 0.3) is 0 Å². The van der Waals surface area contributed by atoms with Gasteiger partial charge in [-0.25, -0.2) is 0 Å². The minimum Gasteiger partial charge on any atom is -0.508 e. The van der Waals surface area contributed by atoms with Crippen molar-refractivity contribution < 1.29 is 15.0 Å². The smallest absolute Gasteiger partial charge is 0.211 e. The molecule has 124 valence electrons. The van der Waals surface area contributed by atoms with Crippen LogP contribution in [0.5, 0.6) is 5.75 Å². The largest absolute Gasteiger partial charge is 0.508 e. The van der Waals surface area contributed by atoms with Crippen molar-refractivity contribution in [2.24, 2.45) is 17.3 Å². The lowest BCUT2D eigenvalue weighted by atomic mass is 9.55. The van der Waals surface area contributed by atoms with E-state index in [2.05, 4.69) is 12.2 Å². The number of hydrogen-bond acceptors (Lipinski definition) is 3. The Hall–Kier alpha value is -1.55. The van der Waals surface area contributed by atoms with E-state index in [1.807, 2.05) is 6.07 Å². The van der Waals surface area contributed by atoms with Crippen molar-refractivity contribution in [3.05, 3.63) is 23.3 Å². The first-order chi connectivity index (χ1) is 11.0. The van der Waals surface area contributed by atoms with Crippen LogP contribution in [-0.2, 0) is 11.2 Å². The van der Waals surface area contributed by atoms with Gasteiger partial charge in [0, 0.05) is 11.8 Å². The van der Waals surface area contributed by atoms with Crippen LogP contribution in [0.4, 0.5) is 5.69 Å². The van der Waals surface area contributed by atoms with E-state index in [9.17, 15) is 15.0 Å². The first-order valence-electron chi connectivity index (χ1n) is 8.78. The van der Waals surface area contributed by atoms with Crippen molar-refractivity contribution in [2.45, 2.75) is 57.5 Å². The highest BCUT2D eigenvalue weighted by Crippen LogP contribution is 2.61. The molecule has 0 aliphatic heterocycles. The summed E-state index contributed by atoms with van der Waals surface area (Å²) in [6.45, 7) is 2.27. The van der Waals surface area contributed by atoms with Crippen molar-refractivity contribution in [2.75, 3.05) is 5.32 Å². The molecule has 1 aromatic carbocycles. The molecule has 2 fully saturated rings. The van der Waals surface area contributed by atoms with Gasteiger partial charge in [-0.15, -0.1) is 0 Å². The number of hydrogen-bond donors (Lipinski definition) is 3. The molecule has 2 saturated carbocycles. The second-order valence-corrected chi connectivity index (χ2v) is 7.88. The van der Waals surface area contributed by atoms with E-state index in [4.69, 9.17) is 0 Å². The van der Waals surface area contributed by atoms with Gasteiger partial charge in [0.05, 0.1) is 6.10 Å². The standard InChI is InChI=1S/C19H25NO3/c1-19-7-6-14-13(15(19)4-5-17(19)23)3-2-11-8-12(22)9-16(18(11)14)20-10-21/h8-10,13-15,17,22-23H,2-7H2,1H3,(H,20,21)/t13-,14+,15+,17-,19+/m1/s1. The maximum absolute atomic E-state index is 11.0. The quantitative estimate of drug-likeness (QED) is 0.734. The van der Waals surface area contributed by atoms with Crippen LogP contribution in [0.3, 0.4) is 0 Å². The molecule has 5 atom stereocenters. The number of aryl methyl sites for hydroxylation is 1. The zero-order valence-corrected chi connectivity index (χ0v) is 13.6. The minimum absolute atomic E-state index is 0.0633. The van der Waals surface area contributed by atoms with Crippen LogP contribution in [0.1, 0.15) is 56.1 Å². The second-order valence-electron chi connectivity index (χ2n) is 7.88. The zero-order chi connectivity index (χ0) is 16.2. The maximum Gasteiger partial charge on any atom is 0.211 e. The van der Waals surface area contributed by atoms with Gasteiger partial charge in [0.2, 0.25) is 6.41 Å². The topological polar surface area (TPSA) is 69.6 Å². The number of amides is 1. The number of fused-ring (bicyclic) bond motifs is 5. The van der Waals surface area contributed by atoms with Crippen LogP contribution in [0.25, 0.3) is 0 Å². The molecule has 4 rings (SSSR count). The Morgan fingerprint density at radius 3 is 2.87 bits per heavy atom. The fraction of sp³-hybridized carbons (Fsp3) is 0.632. The number of nitrogens with one attached hydrogen (secondary N) is 1. The van der Waals surface area contributed by atoms with Gasteiger partial charge >= 0.3 is 0 Å². The molecule has 0 spiro atoms. The van der Waals surface area contributed by atoms with Crippen molar-refractivity contribution in [3.8, 4) is 5.75 Å². The molecule has 3 aliphatic rings. The average molecular weight is 315 g/mol. The molecule has 0 radical (unpaired) electrons. The summed E-state index contributed by atoms with van der Waals surface area (Å²) < 4.78 is 0. The Morgan fingerprint density at radius 2 is 2.09 bits per heavy atom. The van der Waals surface area contributed by atoms with Crippen LogP contribution in [0.2, 0.25) is 0 Å². The molecule has 3 aliphatic carbocycles. The Balaban J connectivity index is 1.76. The summed E-state index contributed by atoms with van der Waals surface area (Å²) in [6, 6.07) is 3.53. The fourth-order valence-electron chi connectivity index (χ4n) is 5.87.